The molecule has 7 nitrogen and oxygen atoms in total. The van der Waals surface area contributed by atoms with Gasteiger partial charge in [-0.25, -0.2) is 0 Å². The third kappa shape index (κ3) is 6.18. The lowest BCUT2D eigenvalue weighted by Gasteiger charge is -2.11. The van der Waals surface area contributed by atoms with Gasteiger partial charge in [0.25, 0.3) is 5.91 Å². The summed E-state index contributed by atoms with van der Waals surface area (Å²) < 4.78 is 16.0. The molecule has 0 unspecified atom stereocenters. The van der Waals surface area contributed by atoms with Crippen molar-refractivity contribution in [3.05, 3.63) is 59.8 Å². The maximum absolute atomic E-state index is 12.3. The van der Waals surface area contributed by atoms with Gasteiger partial charge in [0, 0.05) is 12.7 Å². The van der Waals surface area contributed by atoms with Crippen LogP contribution < -0.4 is 24.8 Å². The fourth-order valence-corrected chi connectivity index (χ4v) is 2.62. The van der Waals surface area contributed by atoms with E-state index in [0.717, 1.165) is 5.56 Å². The monoisotopic (exact) mass is 395 g/mol. The normalized spacial score (nSPS) is 10.6. The molecule has 0 saturated carbocycles. The summed E-state index contributed by atoms with van der Waals surface area (Å²) in [5.74, 6) is 1.48. The lowest BCUT2D eigenvalue weighted by atomic mass is 10.1. The molecule has 0 aliphatic carbocycles. The second-order valence-corrected chi connectivity index (χ2v) is 5.94. The Balaban J connectivity index is 1.95. The smallest absolute Gasteiger partial charge is 0.263 e. The number of anilines is 1. The molecule has 2 rings (SSSR count). The number of nitrogens with one attached hydrogen (secondary N) is 2. The first-order chi connectivity index (χ1) is 14.1. The van der Waals surface area contributed by atoms with Crippen LogP contribution in [0.25, 0.3) is 0 Å². The van der Waals surface area contributed by atoms with Crippen molar-refractivity contribution in [3.63, 3.8) is 0 Å². The van der Waals surface area contributed by atoms with E-state index >= 15 is 0 Å². The standard InChI is InChI=1S/C22H25N3O4/c1-4-29-19-8-6-5-7-18(19)25-15-17(14-23)22(26)24-12-11-16-9-10-20(27-2)21(13-16)28-3/h5-10,13,15,25H,4,11-12H2,1-3H3,(H,24,26)/b17-15-. The van der Waals surface area contributed by atoms with Crippen molar-refractivity contribution in [2.45, 2.75) is 13.3 Å². The number of carbonyl (C=O) groups is 1. The third-order valence-electron chi connectivity index (χ3n) is 4.07. The molecule has 0 fully saturated rings. The Morgan fingerprint density at radius 1 is 1.10 bits per heavy atom. The number of amides is 1. The Hall–Kier alpha value is -3.66. The maximum Gasteiger partial charge on any atom is 0.263 e. The molecular weight excluding hydrogens is 370 g/mol. The van der Waals surface area contributed by atoms with E-state index in [-0.39, 0.29) is 5.57 Å². The van der Waals surface area contributed by atoms with E-state index in [1.165, 1.54) is 6.20 Å². The zero-order chi connectivity index (χ0) is 21.1. The van der Waals surface area contributed by atoms with Crippen molar-refractivity contribution in [3.8, 4) is 23.3 Å². The fourth-order valence-electron chi connectivity index (χ4n) is 2.62. The molecule has 0 aliphatic heterocycles. The highest BCUT2D eigenvalue weighted by Gasteiger charge is 2.10. The average molecular weight is 395 g/mol. The molecule has 0 heterocycles. The van der Waals surface area contributed by atoms with Gasteiger partial charge in [0.15, 0.2) is 11.5 Å². The van der Waals surface area contributed by atoms with Gasteiger partial charge in [-0.3, -0.25) is 4.79 Å². The van der Waals surface area contributed by atoms with Crippen LogP contribution in [0.15, 0.2) is 54.2 Å². The van der Waals surface area contributed by atoms with Gasteiger partial charge in [-0.2, -0.15) is 5.26 Å². The van der Waals surface area contributed by atoms with E-state index in [1.54, 1.807) is 14.2 Å². The second kappa shape index (κ2) is 11.2. The lowest BCUT2D eigenvalue weighted by molar-refractivity contribution is -0.117. The molecule has 0 spiro atoms. The first-order valence-electron chi connectivity index (χ1n) is 9.20. The molecule has 0 aromatic heterocycles. The van der Waals surface area contributed by atoms with Crippen LogP contribution in [0.2, 0.25) is 0 Å². The van der Waals surface area contributed by atoms with Crippen molar-refractivity contribution < 1.29 is 19.0 Å². The minimum absolute atomic E-state index is 0.0244. The van der Waals surface area contributed by atoms with Crippen LogP contribution in [0.4, 0.5) is 5.69 Å². The zero-order valence-electron chi connectivity index (χ0n) is 16.8. The number of hydrogen-bond donors (Lipinski definition) is 2. The highest BCUT2D eigenvalue weighted by atomic mass is 16.5. The molecule has 29 heavy (non-hydrogen) atoms. The quantitative estimate of drug-likeness (QED) is 0.474. The van der Waals surface area contributed by atoms with Crippen LogP contribution in [-0.2, 0) is 11.2 Å². The largest absolute Gasteiger partial charge is 0.493 e. The summed E-state index contributed by atoms with van der Waals surface area (Å²) in [5.41, 5.74) is 1.64. The first-order valence-corrected chi connectivity index (χ1v) is 9.20. The molecular formula is C22H25N3O4. The molecule has 0 aliphatic rings. The molecule has 0 saturated heterocycles. The lowest BCUT2D eigenvalue weighted by Crippen LogP contribution is -2.27. The van der Waals surface area contributed by atoms with Crippen LogP contribution in [-0.4, -0.2) is 33.3 Å². The van der Waals surface area contributed by atoms with Crippen molar-refractivity contribution in [1.82, 2.24) is 5.32 Å². The second-order valence-electron chi connectivity index (χ2n) is 5.94. The van der Waals surface area contributed by atoms with Crippen molar-refractivity contribution in [1.29, 1.82) is 5.26 Å². The number of para-hydroxylation sites is 2. The number of rotatable bonds is 10. The van der Waals surface area contributed by atoms with Crippen molar-refractivity contribution >= 4 is 11.6 Å². The molecule has 7 heteroatoms. The van der Waals surface area contributed by atoms with Gasteiger partial charge in [-0.05, 0) is 43.2 Å². The van der Waals surface area contributed by atoms with Crippen molar-refractivity contribution in [2.24, 2.45) is 0 Å². The number of benzene rings is 2. The predicted octanol–water partition coefficient (Wildman–Crippen LogP) is 3.28. The summed E-state index contributed by atoms with van der Waals surface area (Å²) in [6.45, 7) is 2.78. The van der Waals surface area contributed by atoms with E-state index in [4.69, 9.17) is 14.2 Å². The van der Waals surface area contributed by atoms with E-state index in [9.17, 15) is 10.1 Å². The topological polar surface area (TPSA) is 92.6 Å². The molecule has 1 amide bonds. The summed E-state index contributed by atoms with van der Waals surface area (Å²) in [7, 11) is 3.15. The van der Waals surface area contributed by atoms with E-state index in [0.29, 0.717) is 42.5 Å². The fraction of sp³-hybridized carbons (Fsp3) is 0.273. The Morgan fingerprint density at radius 3 is 2.55 bits per heavy atom. The van der Waals surface area contributed by atoms with Crippen LogP contribution >= 0.6 is 0 Å². The van der Waals surface area contributed by atoms with Gasteiger partial charge in [0.2, 0.25) is 0 Å². The molecule has 0 bridgehead atoms. The third-order valence-corrected chi connectivity index (χ3v) is 4.07. The van der Waals surface area contributed by atoms with Gasteiger partial charge < -0.3 is 24.8 Å². The predicted molar refractivity (Wildman–Crippen MR) is 111 cm³/mol. The summed E-state index contributed by atoms with van der Waals surface area (Å²) in [5, 5.41) is 15.0. The summed E-state index contributed by atoms with van der Waals surface area (Å²) in [4.78, 5) is 12.3. The number of ether oxygens (including phenoxy) is 3. The van der Waals surface area contributed by atoms with Crippen molar-refractivity contribution in [2.75, 3.05) is 32.7 Å². The summed E-state index contributed by atoms with van der Waals surface area (Å²) >= 11 is 0. The Bertz CT molecular complexity index is 903. The van der Waals surface area contributed by atoms with Gasteiger partial charge in [0.05, 0.1) is 26.5 Å². The minimum Gasteiger partial charge on any atom is -0.493 e. The molecule has 2 N–H and O–H groups in total. The highest BCUT2D eigenvalue weighted by molar-refractivity contribution is 5.97. The van der Waals surface area contributed by atoms with Crippen LogP contribution in [0, 0.1) is 11.3 Å². The number of carbonyl (C=O) groups excluding carboxylic acids is 1. The number of nitrogens with zero attached hydrogens (tertiary/aromatic N) is 1. The first kappa shape index (κ1) is 21.6. The van der Waals surface area contributed by atoms with E-state index < -0.39 is 5.91 Å². The van der Waals surface area contributed by atoms with Gasteiger partial charge in [-0.15, -0.1) is 0 Å². The molecule has 152 valence electrons. The van der Waals surface area contributed by atoms with E-state index in [2.05, 4.69) is 10.6 Å². The number of nitriles is 1. The zero-order valence-corrected chi connectivity index (χ0v) is 16.8. The SMILES string of the molecule is CCOc1ccccc1N/C=C(/C#N)C(=O)NCCc1ccc(OC)c(OC)c1. The van der Waals surface area contributed by atoms with Gasteiger partial charge in [-0.1, -0.05) is 18.2 Å². The van der Waals surface area contributed by atoms with E-state index in [1.807, 2.05) is 55.5 Å². The molecule has 0 radical (unpaired) electrons. The number of methoxy groups -OCH3 is 2. The summed E-state index contributed by atoms with van der Waals surface area (Å²) in [6.07, 6.45) is 1.97. The maximum atomic E-state index is 12.3. The van der Waals surface area contributed by atoms with Gasteiger partial charge in [0.1, 0.15) is 17.4 Å². The Kier molecular flexibility index (Phi) is 8.39. The molecule has 0 atom stereocenters. The number of hydrogen-bond acceptors (Lipinski definition) is 6. The van der Waals surface area contributed by atoms with Gasteiger partial charge >= 0.3 is 0 Å². The Morgan fingerprint density at radius 2 is 1.86 bits per heavy atom. The minimum atomic E-state index is -0.450. The molecule has 2 aromatic rings. The van der Waals surface area contributed by atoms with Crippen LogP contribution in [0.5, 0.6) is 17.2 Å². The Labute approximate surface area is 170 Å². The molecule has 2 aromatic carbocycles. The van der Waals surface area contributed by atoms with Crippen LogP contribution in [0.1, 0.15) is 12.5 Å². The highest BCUT2D eigenvalue weighted by Crippen LogP contribution is 2.27. The van der Waals surface area contributed by atoms with Crippen LogP contribution in [0.3, 0.4) is 0 Å². The summed E-state index contributed by atoms with van der Waals surface area (Å²) in [6, 6.07) is 14.8. The average Bonchev–Trinajstić information content (AvgIpc) is 2.75.